The molecule has 0 amide bonds. The van der Waals surface area contributed by atoms with Gasteiger partial charge >= 0.3 is 12.1 Å². The fraction of sp³-hybridized carbons (Fsp3) is 0.295. The van der Waals surface area contributed by atoms with Gasteiger partial charge in [0.05, 0.1) is 0 Å². The Bertz CT molecular complexity index is 2150. The van der Waals surface area contributed by atoms with Gasteiger partial charge in [0.1, 0.15) is 19.4 Å². The lowest BCUT2D eigenvalue weighted by molar-refractivity contribution is -0.189. The lowest BCUT2D eigenvalue weighted by Crippen LogP contribution is -2.52. The van der Waals surface area contributed by atoms with Crippen molar-refractivity contribution in [3.63, 3.8) is 0 Å². The van der Waals surface area contributed by atoms with E-state index in [1.54, 1.807) is 12.1 Å². The van der Waals surface area contributed by atoms with Gasteiger partial charge in [-0.25, -0.2) is 4.79 Å². The monoisotopic (exact) mass is 768 g/mol. The first-order chi connectivity index (χ1) is 26.0. The summed E-state index contributed by atoms with van der Waals surface area (Å²) in [5.74, 6) is -2.85. The Morgan fingerprint density at radius 2 is 1.19 bits per heavy atom. The van der Waals surface area contributed by atoms with Crippen molar-refractivity contribution < 1.29 is 35.7 Å². The van der Waals surface area contributed by atoms with Crippen LogP contribution in [0.1, 0.15) is 92.2 Å². The topological polar surface area (TPSA) is 80.7 Å². The minimum atomic E-state index is -5.13. The highest BCUT2D eigenvalue weighted by Gasteiger charge is 2.41. The van der Waals surface area contributed by atoms with Crippen molar-refractivity contribution in [2.24, 2.45) is 0 Å². The van der Waals surface area contributed by atoms with Crippen LogP contribution in [0, 0.1) is 0 Å². The smallest absolute Gasteiger partial charge is 0.420 e. The average Bonchev–Trinajstić information content (AvgIpc) is 3.18. The third-order valence-corrected chi connectivity index (χ3v) is 15.3. The summed E-state index contributed by atoms with van der Waals surface area (Å²) in [5.41, 5.74) is 3.65. The van der Waals surface area contributed by atoms with Gasteiger partial charge in [0.2, 0.25) is 0 Å². The molecule has 0 bridgehead atoms. The van der Waals surface area contributed by atoms with Crippen LogP contribution in [0.25, 0.3) is 11.1 Å². The summed E-state index contributed by atoms with van der Waals surface area (Å²) < 4.78 is 81.3. The lowest BCUT2D eigenvalue weighted by Gasteiger charge is -2.35. The van der Waals surface area contributed by atoms with Gasteiger partial charge in [0, 0.05) is 0 Å². The molecule has 0 heterocycles. The van der Waals surface area contributed by atoms with E-state index in [2.05, 4.69) is 77.5 Å². The second kappa shape index (κ2) is 16.1. The SMILES string of the molecule is O=C(Oc1ccc(-c2cc(C3CCCCC3)c(S(=O)(=O)O)c(C3CCCCC3c3cccc([SiH](c4ccccc4)c4ccccc4)c3)c2)cc1)C(F)(F)F. The molecule has 0 aliphatic heterocycles. The van der Waals surface area contributed by atoms with E-state index in [4.69, 9.17) is 0 Å². The van der Waals surface area contributed by atoms with Crippen LogP contribution < -0.4 is 20.3 Å². The molecule has 0 saturated heterocycles. The molecule has 10 heteroatoms. The van der Waals surface area contributed by atoms with Crippen molar-refractivity contribution in [1.82, 2.24) is 0 Å². The molecule has 1 N–H and O–H groups in total. The van der Waals surface area contributed by atoms with E-state index in [0.29, 0.717) is 22.3 Å². The first-order valence-corrected chi connectivity index (χ1v) is 21.9. The first kappa shape index (κ1) is 37.8. The normalized spacial score (nSPS) is 18.4. The predicted octanol–water partition coefficient (Wildman–Crippen LogP) is 8.81. The van der Waals surface area contributed by atoms with Gasteiger partial charge in [0.15, 0.2) is 0 Å². The summed E-state index contributed by atoms with van der Waals surface area (Å²) in [7, 11) is -6.50. The Morgan fingerprint density at radius 1 is 0.630 bits per heavy atom. The zero-order valence-corrected chi connectivity index (χ0v) is 31.8. The number of esters is 1. The minimum Gasteiger partial charge on any atom is -0.420 e. The fourth-order valence-electron chi connectivity index (χ4n) is 8.75. The van der Waals surface area contributed by atoms with Crippen molar-refractivity contribution in [3.05, 3.63) is 138 Å². The van der Waals surface area contributed by atoms with Crippen molar-refractivity contribution in [2.45, 2.75) is 86.6 Å². The summed E-state index contributed by atoms with van der Waals surface area (Å²) in [5, 5.41) is 3.88. The standard InChI is InChI=1S/C44H43F3O5SSi/c45-44(46,47)43(48)52-34-25-23-30(24-26-34)33-28-40(31-13-4-1-5-14-31)42(53(49,50)51)41(29-33)39-22-11-10-21-38(39)32-15-12-20-37(27-32)54(35-16-6-2-7-17-35)36-18-8-3-9-19-36/h2-3,6-9,12,15-20,23-29,31,38-39,54H,1,4-5,10-11,13-14,21-22H2,(H,49,50,51). The van der Waals surface area contributed by atoms with E-state index in [9.17, 15) is 30.9 Å². The van der Waals surface area contributed by atoms with Crippen LogP contribution >= 0.6 is 0 Å². The van der Waals surface area contributed by atoms with E-state index in [0.717, 1.165) is 63.4 Å². The number of ether oxygens (including phenoxy) is 1. The summed E-state index contributed by atoms with van der Waals surface area (Å²) in [6.07, 6.45) is 2.87. The number of hydrogen-bond donors (Lipinski definition) is 1. The van der Waals surface area contributed by atoms with E-state index >= 15 is 0 Å². The molecular formula is C44H43F3O5SSi. The minimum absolute atomic E-state index is 0.00255. The molecule has 2 atom stereocenters. The Hall–Kier alpha value is -4.51. The molecule has 5 aromatic rings. The number of carbonyl (C=O) groups excluding carboxylic acids is 1. The third kappa shape index (κ3) is 8.41. The van der Waals surface area contributed by atoms with Crippen LogP contribution in [-0.4, -0.2) is 33.9 Å². The number of benzene rings is 5. The number of rotatable bonds is 9. The molecular weight excluding hydrogens is 726 g/mol. The number of hydrogen-bond acceptors (Lipinski definition) is 4. The largest absolute Gasteiger partial charge is 0.491 e. The fourth-order valence-corrected chi connectivity index (χ4v) is 12.8. The van der Waals surface area contributed by atoms with Gasteiger partial charge in [0.25, 0.3) is 10.1 Å². The van der Waals surface area contributed by atoms with Gasteiger partial charge in [-0.05, 0) is 95.5 Å². The Labute approximate surface area is 316 Å². The highest BCUT2D eigenvalue weighted by atomic mass is 32.2. The van der Waals surface area contributed by atoms with Gasteiger partial charge in [-0.1, -0.05) is 145 Å². The summed E-state index contributed by atoms with van der Waals surface area (Å²) in [6.45, 7) is 0. The zero-order chi connectivity index (χ0) is 37.9. The second-order valence-electron chi connectivity index (χ2n) is 14.6. The molecule has 0 spiro atoms. The molecule has 7 rings (SSSR count). The summed E-state index contributed by atoms with van der Waals surface area (Å²) in [6, 6.07) is 39.4. The van der Waals surface area contributed by atoms with Crippen LogP contribution in [0.3, 0.4) is 0 Å². The van der Waals surface area contributed by atoms with Crippen LogP contribution in [0.5, 0.6) is 5.75 Å². The van der Waals surface area contributed by atoms with Gasteiger partial charge < -0.3 is 4.74 Å². The first-order valence-electron chi connectivity index (χ1n) is 18.7. The van der Waals surface area contributed by atoms with Crippen LogP contribution in [0.4, 0.5) is 13.2 Å². The van der Waals surface area contributed by atoms with E-state index in [1.807, 2.05) is 24.3 Å². The Kier molecular flexibility index (Phi) is 11.2. The number of alkyl halides is 3. The van der Waals surface area contributed by atoms with Crippen molar-refractivity contribution >= 4 is 40.4 Å². The van der Waals surface area contributed by atoms with Gasteiger partial charge in [-0.2, -0.15) is 21.6 Å². The van der Waals surface area contributed by atoms with Gasteiger partial charge in [-0.3, -0.25) is 4.55 Å². The summed E-state index contributed by atoms with van der Waals surface area (Å²) >= 11 is 0. The molecule has 5 nitrogen and oxygen atoms in total. The highest BCUT2D eigenvalue weighted by molar-refractivity contribution is 7.86. The molecule has 2 saturated carbocycles. The third-order valence-electron chi connectivity index (χ3n) is 11.2. The van der Waals surface area contributed by atoms with Crippen molar-refractivity contribution in [1.29, 1.82) is 0 Å². The number of carbonyl (C=O) groups is 1. The predicted molar refractivity (Wildman–Crippen MR) is 209 cm³/mol. The molecule has 2 fully saturated rings. The molecule has 2 aliphatic rings. The van der Waals surface area contributed by atoms with Crippen LogP contribution in [-0.2, 0) is 14.9 Å². The lowest BCUT2D eigenvalue weighted by atomic mass is 9.71. The van der Waals surface area contributed by atoms with E-state index in [1.165, 1.54) is 27.7 Å². The molecule has 2 aliphatic carbocycles. The molecule has 0 radical (unpaired) electrons. The summed E-state index contributed by atoms with van der Waals surface area (Å²) in [4.78, 5) is 11.5. The van der Waals surface area contributed by atoms with Crippen LogP contribution in [0.2, 0.25) is 0 Å². The maximum atomic E-state index is 13.6. The maximum absolute atomic E-state index is 13.6. The highest BCUT2D eigenvalue weighted by Crippen LogP contribution is 2.49. The van der Waals surface area contributed by atoms with Crippen molar-refractivity contribution in [3.8, 4) is 16.9 Å². The molecule has 2 unspecified atom stereocenters. The van der Waals surface area contributed by atoms with E-state index < -0.39 is 31.1 Å². The van der Waals surface area contributed by atoms with Crippen molar-refractivity contribution in [2.75, 3.05) is 0 Å². The van der Waals surface area contributed by atoms with E-state index in [-0.39, 0.29) is 28.4 Å². The quantitative estimate of drug-likeness (QED) is 0.0534. The second-order valence-corrected chi connectivity index (χ2v) is 18.9. The number of halogens is 3. The van der Waals surface area contributed by atoms with Gasteiger partial charge in [-0.15, -0.1) is 0 Å². The zero-order valence-electron chi connectivity index (χ0n) is 29.8. The van der Waals surface area contributed by atoms with Crippen LogP contribution in [0.15, 0.2) is 126 Å². The molecule has 5 aromatic carbocycles. The molecule has 54 heavy (non-hydrogen) atoms. The Balaban J connectivity index is 1.34. The maximum Gasteiger partial charge on any atom is 0.491 e. The average molecular weight is 769 g/mol. The Morgan fingerprint density at radius 3 is 1.78 bits per heavy atom. The molecule has 0 aromatic heterocycles. The molecule has 280 valence electrons.